The number of benzene rings is 2. The van der Waals surface area contributed by atoms with Gasteiger partial charge in [-0.3, -0.25) is 4.79 Å². The highest BCUT2D eigenvalue weighted by molar-refractivity contribution is 5.94. The van der Waals surface area contributed by atoms with Crippen LogP contribution in [0.25, 0.3) is 11.1 Å². The molecule has 124 valence electrons. The molecule has 1 amide bonds. The minimum atomic E-state index is -0.739. The van der Waals surface area contributed by atoms with E-state index in [9.17, 15) is 13.6 Å². The number of carbonyl (C=O) groups is 1. The number of carbonyl (C=O) groups excluding carboxylic acids is 1. The number of hydrogen-bond acceptors (Lipinski definition) is 3. The van der Waals surface area contributed by atoms with E-state index < -0.39 is 17.5 Å². The van der Waals surface area contributed by atoms with E-state index in [1.165, 1.54) is 43.3 Å². The van der Waals surface area contributed by atoms with Gasteiger partial charge in [0.2, 0.25) is 0 Å². The Kier molecular flexibility index (Phi) is 5.48. The highest BCUT2D eigenvalue weighted by Gasteiger charge is 2.17. The van der Waals surface area contributed by atoms with E-state index in [1.54, 1.807) is 6.07 Å². The molecule has 0 unspecified atom stereocenters. The van der Waals surface area contributed by atoms with E-state index >= 15 is 0 Å². The van der Waals surface area contributed by atoms with Gasteiger partial charge in [-0.1, -0.05) is 6.07 Å². The molecule has 4 nitrogen and oxygen atoms in total. The number of amides is 1. The average molecular weight is 330 g/mol. The van der Waals surface area contributed by atoms with Crippen molar-refractivity contribution in [1.82, 2.24) is 4.90 Å². The molecule has 0 aliphatic rings. The van der Waals surface area contributed by atoms with Gasteiger partial charge in [-0.2, -0.15) is 5.26 Å². The highest BCUT2D eigenvalue weighted by atomic mass is 19.1. The molecule has 2 aromatic carbocycles. The summed E-state index contributed by atoms with van der Waals surface area (Å²) in [6, 6.07) is 10.1. The van der Waals surface area contributed by atoms with Gasteiger partial charge in [0, 0.05) is 25.2 Å². The van der Waals surface area contributed by atoms with Gasteiger partial charge in [0.05, 0.1) is 25.2 Å². The van der Waals surface area contributed by atoms with E-state index in [0.717, 1.165) is 6.07 Å². The van der Waals surface area contributed by atoms with Crippen molar-refractivity contribution in [1.29, 1.82) is 5.26 Å². The molecule has 0 spiro atoms. The zero-order valence-corrected chi connectivity index (χ0v) is 13.3. The Morgan fingerprint density at radius 2 is 1.96 bits per heavy atom. The Bertz CT molecular complexity index is 800. The molecule has 0 aromatic heterocycles. The fraction of sp³-hybridized carbons (Fsp3) is 0.222. The summed E-state index contributed by atoms with van der Waals surface area (Å²) < 4.78 is 33.3. The Morgan fingerprint density at radius 3 is 2.54 bits per heavy atom. The molecule has 0 fully saturated rings. The zero-order chi connectivity index (χ0) is 17.7. The minimum absolute atomic E-state index is 0.117. The van der Waals surface area contributed by atoms with E-state index in [1.807, 2.05) is 6.07 Å². The van der Waals surface area contributed by atoms with Crippen LogP contribution in [0.2, 0.25) is 0 Å². The van der Waals surface area contributed by atoms with Crippen LogP contribution in [0.1, 0.15) is 16.8 Å². The first-order chi connectivity index (χ1) is 11.5. The van der Waals surface area contributed by atoms with Crippen LogP contribution in [0.5, 0.6) is 5.75 Å². The third-order valence-electron chi connectivity index (χ3n) is 3.59. The van der Waals surface area contributed by atoms with Gasteiger partial charge in [-0.05, 0) is 29.8 Å². The molecular weight excluding hydrogens is 314 g/mol. The predicted octanol–water partition coefficient (Wildman–Crippen LogP) is 3.63. The first-order valence-electron chi connectivity index (χ1n) is 7.23. The standard InChI is InChI=1S/C18H16F2N2O2/c1-22(9-3-8-21)18(23)15-6-4-12(10-16(15)19)14-7-5-13(24-2)11-17(14)20/h4-7,10-11H,3,9H2,1-2H3. The van der Waals surface area contributed by atoms with Gasteiger partial charge >= 0.3 is 0 Å². The smallest absolute Gasteiger partial charge is 0.256 e. The summed E-state index contributed by atoms with van der Waals surface area (Å²) in [5.41, 5.74) is 0.420. The van der Waals surface area contributed by atoms with Gasteiger partial charge < -0.3 is 9.64 Å². The molecule has 0 heterocycles. The normalized spacial score (nSPS) is 10.1. The molecule has 2 aromatic rings. The number of nitriles is 1. The third-order valence-corrected chi connectivity index (χ3v) is 3.59. The number of ether oxygens (including phenoxy) is 1. The van der Waals surface area contributed by atoms with Crippen molar-refractivity contribution in [2.45, 2.75) is 6.42 Å². The van der Waals surface area contributed by atoms with Gasteiger partial charge in [-0.25, -0.2) is 8.78 Å². The number of methoxy groups -OCH3 is 1. The lowest BCUT2D eigenvalue weighted by Gasteiger charge is -2.16. The maximum absolute atomic E-state index is 14.3. The largest absolute Gasteiger partial charge is 0.497 e. The fourth-order valence-corrected chi connectivity index (χ4v) is 2.24. The number of rotatable bonds is 5. The van der Waals surface area contributed by atoms with Crippen LogP contribution in [0.15, 0.2) is 36.4 Å². The molecule has 0 atom stereocenters. The van der Waals surface area contributed by atoms with Crippen LogP contribution in [-0.4, -0.2) is 31.5 Å². The van der Waals surface area contributed by atoms with Crippen LogP contribution < -0.4 is 4.74 Å². The van der Waals surface area contributed by atoms with E-state index in [4.69, 9.17) is 10.00 Å². The summed E-state index contributed by atoms with van der Waals surface area (Å²) in [5, 5.41) is 8.54. The Hall–Kier alpha value is -2.94. The summed E-state index contributed by atoms with van der Waals surface area (Å²) in [4.78, 5) is 13.4. The van der Waals surface area contributed by atoms with Crippen LogP contribution >= 0.6 is 0 Å². The van der Waals surface area contributed by atoms with Crippen molar-refractivity contribution >= 4 is 5.91 Å². The summed E-state index contributed by atoms with van der Waals surface area (Å²) in [5.74, 6) is -1.44. The maximum atomic E-state index is 14.3. The Morgan fingerprint density at radius 1 is 1.21 bits per heavy atom. The Labute approximate surface area is 138 Å². The lowest BCUT2D eigenvalue weighted by Crippen LogP contribution is -2.28. The van der Waals surface area contributed by atoms with Crippen LogP contribution in [0.3, 0.4) is 0 Å². The minimum Gasteiger partial charge on any atom is -0.497 e. The quantitative estimate of drug-likeness (QED) is 0.841. The van der Waals surface area contributed by atoms with Crippen molar-refractivity contribution < 1.29 is 18.3 Å². The molecule has 6 heteroatoms. The molecule has 2 rings (SSSR count). The van der Waals surface area contributed by atoms with Gasteiger partial charge in [0.15, 0.2) is 0 Å². The number of halogens is 2. The molecule has 0 bridgehead atoms. The first-order valence-corrected chi connectivity index (χ1v) is 7.23. The average Bonchev–Trinajstić information content (AvgIpc) is 2.58. The molecule has 0 saturated heterocycles. The van der Waals surface area contributed by atoms with Crippen molar-refractivity contribution in [3.63, 3.8) is 0 Å². The topological polar surface area (TPSA) is 53.3 Å². The molecule has 0 radical (unpaired) electrons. The fourth-order valence-electron chi connectivity index (χ4n) is 2.24. The second kappa shape index (κ2) is 7.55. The third kappa shape index (κ3) is 3.69. The Balaban J connectivity index is 2.30. The second-order valence-electron chi connectivity index (χ2n) is 5.18. The molecular formula is C18H16F2N2O2. The lowest BCUT2D eigenvalue weighted by atomic mass is 10.0. The van der Waals surface area contributed by atoms with Gasteiger partial charge in [0.1, 0.15) is 17.4 Å². The number of nitrogens with zero attached hydrogens (tertiary/aromatic N) is 2. The van der Waals surface area contributed by atoms with E-state index in [0.29, 0.717) is 11.3 Å². The molecule has 0 aliphatic heterocycles. The van der Waals surface area contributed by atoms with Gasteiger partial charge in [-0.15, -0.1) is 0 Å². The van der Waals surface area contributed by atoms with Crippen LogP contribution in [-0.2, 0) is 0 Å². The van der Waals surface area contributed by atoms with Crippen molar-refractivity contribution in [2.75, 3.05) is 20.7 Å². The zero-order valence-electron chi connectivity index (χ0n) is 13.3. The van der Waals surface area contributed by atoms with Crippen LogP contribution in [0.4, 0.5) is 8.78 Å². The predicted molar refractivity (Wildman–Crippen MR) is 85.5 cm³/mol. The van der Waals surface area contributed by atoms with Crippen molar-refractivity contribution in [3.8, 4) is 22.9 Å². The van der Waals surface area contributed by atoms with E-state index in [-0.39, 0.29) is 24.1 Å². The van der Waals surface area contributed by atoms with Crippen molar-refractivity contribution in [2.24, 2.45) is 0 Å². The van der Waals surface area contributed by atoms with E-state index in [2.05, 4.69) is 0 Å². The summed E-state index contributed by atoms with van der Waals surface area (Å²) in [7, 11) is 2.92. The van der Waals surface area contributed by atoms with Crippen molar-refractivity contribution in [3.05, 3.63) is 53.6 Å². The lowest BCUT2D eigenvalue weighted by molar-refractivity contribution is 0.0793. The SMILES string of the molecule is COc1ccc(-c2ccc(C(=O)N(C)CCC#N)c(F)c2)c(F)c1. The molecule has 0 N–H and O–H groups in total. The molecule has 0 saturated carbocycles. The second-order valence-corrected chi connectivity index (χ2v) is 5.18. The highest BCUT2D eigenvalue weighted by Crippen LogP contribution is 2.27. The maximum Gasteiger partial charge on any atom is 0.256 e. The summed E-state index contributed by atoms with van der Waals surface area (Å²) in [6.45, 7) is 0.212. The monoisotopic (exact) mass is 330 g/mol. The summed E-state index contributed by atoms with van der Waals surface area (Å²) >= 11 is 0. The molecule has 0 aliphatic carbocycles. The van der Waals surface area contributed by atoms with Crippen LogP contribution in [0, 0.1) is 23.0 Å². The number of hydrogen-bond donors (Lipinski definition) is 0. The molecule has 24 heavy (non-hydrogen) atoms. The first kappa shape index (κ1) is 17.4. The summed E-state index contributed by atoms with van der Waals surface area (Å²) in [6.07, 6.45) is 0.166. The van der Waals surface area contributed by atoms with Gasteiger partial charge in [0.25, 0.3) is 5.91 Å².